The average Bonchev–Trinajstić information content (AvgIpc) is 3.08. The van der Waals surface area contributed by atoms with Crippen LogP contribution in [0.25, 0.3) is 11.1 Å². The predicted octanol–water partition coefficient (Wildman–Crippen LogP) is 2.65. The Labute approximate surface area is 113 Å². The molecule has 2 aliphatic rings. The van der Waals surface area contributed by atoms with Gasteiger partial charge in [-0.05, 0) is 41.6 Å². The molecule has 1 aliphatic carbocycles. The molecular formula is C17H17NO. The Morgan fingerprint density at radius 2 is 1.53 bits per heavy atom. The monoisotopic (exact) mass is 251 g/mol. The lowest BCUT2D eigenvalue weighted by atomic mass is 9.83. The maximum atomic E-state index is 11.4. The first-order valence-electron chi connectivity index (χ1n) is 6.97. The van der Waals surface area contributed by atoms with E-state index in [4.69, 9.17) is 0 Å². The Kier molecular flexibility index (Phi) is 2.32. The number of hydrogen-bond acceptors (Lipinski definition) is 2. The molecule has 96 valence electrons. The third-order valence-corrected chi connectivity index (χ3v) is 4.53. The van der Waals surface area contributed by atoms with Crippen molar-refractivity contribution in [2.24, 2.45) is 0 Å². The smallest absolute Gasteiger partial charge is 0.131 e. The van der Waals surface area contributed by atoms with Crippen LogP contribution in [0.4, 0.5) is 0 Å². The van der Waals surface area contributed by atoms with Crippen LogP contribution in [0.5, 0.6) is 0 Å². The Hall–Kier alpha value is -1.64. The SMILES string of the molecule is OC1([C@@H]2CCCN2)c2ccccc2-c2ccccc21. The van der Waals surface area contributed by atoms with Gasteiger partial charge in [0.15, 0.2) is 0 Å². The van der Waals surface area contributed by atoms with Gasteiger partial charge < -0.3 is 10.4 Å². The number of fused-ring (bicyclic) bond motifs is 3. The number of hydrogen-bond donors (Lipinski definition) is 2. The molecule has 2 aromatic rings. The second-order valence-electron chi connectivity index (χ2n) is 5.51. The van der Waals surface area contributed by atoms with E-state index in [0.717, 1.165) is 30.5 Å². The van der Waals surface area contributed by atoms with E-state index in [9.17, 15) is 5.11 Å². The first-order valence-corrected chi connectivity index (χ1v) is 6.97. The molecule has 2 N–H and O–H groups in total. The first kappa shape index (κ1) is 11.2. The van der Waals surface area contributed by atoms with Crippen LogP contribution in [0.3, 0.4) is 0 Å². The van der Waals surface area contributed by atoms with E-state index in [-0.39, 0.29) is 6.04 Å². The van der Waals surface area contributed by atoms with Crippen LogP contribution in [-0.2, 0) is 5.60 Å². The second kappa shape index (κ2) is 3.92. The lowest BCUT2D eigenvalue weighted by Gasteiger charge is -2.32. The van der Waals surface area contributed by atoms with E-state index in [0.29, 0.717) is 0 Å². The zero-order valence-corrected chi connectivity index (χ0v) is 10.8. The van der Waals surface area contributed by atoms with Crippen molar-refractivity contribution in [3.05, 3.63) is 59.7 Å². The maximum Gasteiger partial charge on any atom is 0.131 e. The highest BCUT2D eigenvalue weighted by Crippen LogP contribution is 2.50. The molecule has 2 nitrogen and oxygen atoms in total. The molecule has 0 radical (unpaired) electrons. The average molecular weight is 251 g/mol. The molecule has 0 amide bonds. The quantitative estimate of drug-likeness (QED) is 0.816. The Morgan fingerprint density at radius 3 is 2.05 bits per heavy atom. The van der Waals surface area contributed by atoms with Crippen LogP contribution in [0.2, 0.25) is 0 Å². The van der Waals surface area contributed by atoms with Crippen LogP contribution in [0.1, 0.15) is 24.0 Å². The van der Waals surface area contributed by atoms with Gasteiger partial charge in [-0.1, -0.05) is 48.5 Å². The largest absolute Gasteiger partial charge is 0.379 e. The van der Waals surface area contributed by atoms with Gasteiger partial charge in [0.2, 0.25) is 0 Å². The van der Waals surface area contributed by atoms with Gasteiger partial charge in [0.1, 0.15) is 5.60 Å². The molecule has 2 aromatic carbocycles. The summed E-state index contributed by atoms with van der Waals surface area (Å²) in [7, 11) is 0. The summed E-state index contributed by atoms with van der Waals surface area (Å²) in [6.45, 7) is 0.997. The Bertz CT molecular complexity index is 583. The van der Waals surface area contributed by atoms with Crippen molar-refractivity contribution >= 4 is 0 Å². The fourth-order valence-electron chi connectivity index (χ4n) is 3.66. The Morgan fingerprint density at radius 1 is 0.947 bits per heavy atom. The number of aliphatic hydroxyl groups is 1. The second-order valence-corrected chi connectivity index (χ2v) is 5.51. The molecule has 0 unspecified atom stereocenters. The fraction of sp³-hybridized carbons (Fsp3) is 0.294. The summed E-state index contributed by atoms with van der Waals surface area (Å²) in [4.78, 5) is 0. The zero-order chi connectivity index (χ0) is 12.9. The molecule has 4 rings (SSSR count). The van der Waals surface area contributed by atoms with Crippen molar-refractivity contribution in [3.8, 4) is 11.1 Å². The molecule has 0 saturated carbocycles. The molecule has 0 aromatic heterocycles. The van der Waals surface area contributed by atoms with E-state index in [1.807, 2.05) is 24.3 Å². The van der Waals surface area contributed by atoms with Crippen LogP contribution in [0.15, 0.2) is 48.5 Å². The summed E-state index contributed by atoms with van der Waals surface area (Å²) in [6, 6.07) is 16.6. The molecule has 1 atom stereocenters. The van der Waals surface area contributed by atoms with Gasteiger partial charge in [-0.15, -0.1) is 0 Å². The summed E-state index contributed by atoms with van der Waals surface area (Å²) in [6.07, 6.45) is 2.16. The maximum absolute atomic E-state index is 11.4. The third-order valence-electron chi connectivity index (χ3n) is 4.53. The van der Waals surface area contributed by atoms with Crippen molar-refractivity contribution in [1.29, 1.82) is 0 Å². The van der Waals surface area contributed by atoms with Gasteiger partial charge in [0, 0.05) is 6.04 Å². The summed E-state index contributed by atoms with van der Waals surface area (Å²) < 4.78 is 0. The minimum Gasteiger partial charge on any atom is -0.379 e. The van der Waals surface area contributed by atoms with Crippen molar-refractivity contribution in [1.82, 2.24) is 5.32 Å². The van der Waals surface area contributed by atoms with Gasteiger partial charge >= 0.3 is 0 Å². The van der Waals surface area contributed by atoms with E-state index >= 15 is 0 Å². The van der Waals surface area contributed by atoms with Gasteiger partial charge in [0.05, 0.1) is 0 Å². The third kappa shape index (κ3) is 1.38. The molecule has 0 bridgehead atoms. The van der Waals surface area contributed by atoms with Gasteiger partial charge in [-0.25, -0.2) is 0 Å². The summed E-state index contributed by atoms with van der Waals surface area (Å²) in [5, 5.41) is 14.9. The zero-order valence-electron chi connectivity index (χ0n) is 10.8. The standard InChI is InChI=1S/C17H17NO/c19-17(16-10-5-11-18-16)14-8-3-1-6-12(14)13-7-2-4-9-15(13)17/h1-4,6-9,16,18-19H,5,10-11H2/t16-/m0/s1. The van der Waals surface area contributed by atoms with E-state index < -0.39 is 5.60 Å². The molecule has 1 fully saturated rings. The molecule has 1 heterocycles. The van der Waals surface area contributed by atoms with Gasteiger partial charge in [0.25, 0.3) is 0 Å². The molecule has 19 heavy (non-hydrogen) atoms. The lowest BCUT2D eigenvalue weighted by Crippen LogP contribution is -2.44. The highest BCUT2D eigenvalue weighted by Gasteiger charge is 2.47. The number of nitrogens with one attached hydrogen (secondary N) is 1. The van der Waals surface area contributed by atoms with Crippen molar-refractivity contribution in [3.63, 3.8) is 0 Å². The van der Waals surface area contributed by atoms with E-state index in [1.54, 1.807) is 0 Å². The van der Waals surface area contributed by atoms with Crippen LogP contribution in [0, 0.1) is 0 Å². The summed E-state index contributed by atoms with van der Waals surface area (Å²) in [5.41, 5.74) is 3.58. The Balaban J connectivity index is 2.00. The fourth-order valence-corrected chi connectivity index (χ4v) is 3.66. The van der Waals surface area contributed by atoms with Gasteiger partial charge in [-0.2, -0.15) is 0 Å². The summed E-state index contributed by atoms with van der Waals surface area (Å²) in [5.74, 6) is 0. The summed E-state index contributed by atoms with van der Waals surface area (Å²) >= 11 is 0. The molecular weight excluding hydrogens is 234 g/mol. The first-order chi connectivity index (χ1) is 9.32. The molecule has 0 spiro atoms. The molecule has 2 heteroatoms. The van der Waals surface area contributed by atoms with Crippen LogP contribution < -0.4 is 5.32 Å². The van der Waals surface area contributed by atoms with Crippen molar-refractivity contribution in [2.45, 2.75) is 24.5 Å². The minimum absolute atomic E-state index is 0.123. The van der Waals surface area contributed by atoms with Crippen LogP contribution >= 0.6 is 0 Å². The normalized spacial score (nSPS) is 23.1. The topological polar surface area (TPSA) is 32.3 Å². The van der Waals surface area contributed by atoms with Crippen LogP contribution in [-0.4, -0.2) is 17.7 Å². The highest BCUT2D eigenvalue weighted by molar-refractivity contribution is 5.80. The van der Waals surface area contributed by atoms with Gasteiger partial charge in [-0.3, -0.25) is 0 Å². The number of rotatable bonds is 1. The van der Waals surface area contributed by atoms with Crippen molar-refractivity contribution in [2.75, 3.05) is 6.54 Å². The highest BCUT2D eigenvalue weighted by atomic mass is 16.3. The lowest BCUT2D eigenvalue weighted by molar-refractivity contribution is 0.0488. The molecule has 1 saturated heterocycles. The molecule has 1 aliphatic heterocycles. The number of benzene rings is 2. The van der Waals surface area contributed by atoms with Crippen molar-refractivity contribution < 1.29 is 5.11 Å². The van der Waals surface area contributed by atoms with E-state index in [2.05, 4.69) is 29.6 Å². The predicted molar refractivity (Wildman–Crippen MR) is 75.9 cm³/mol. The minimum atomic E-state index is -0.871. The van der Waals surface area contributed by atoms with E-state index in [1.165, 1.54) is 11.1 Å².